The number of rotatable bonds is 4. The lowest BCUT2D eigenvalue weighted by molar-refractivity contribution is -0.132. The third-order valence-corrected chi connectivity index (χ3v) is 4.25. The van der Waals surface area contributed by atoms with E-state index in [1.807, 2.05) is 0 Å². The molecule has 1 aliphatic rings. The smallest absolute Gasteiger partial charge is 0.408 e. The molecule has 0 atom stereocenters. The Bertz CT molecular complexity index is 700. The van der Waals surface area contributed by atoms with Crippen molar-refractivity contribution < 1.29 is 23.5 Å². The van der Waals surface area contributed by atoms with Gasteiger partial charge < -0.3 is 19.9 Å². The van der Waals surface area contributed by atoms with Gasteiger partial charge in [0.15, 0.2) is 0 Å². The van der Waals surface area contributed by atoms with Crippen molar-refractivity contribution in [2.24, 2.45) is 0 Å². The number of carbonyl (C=O) groups excluding carboxylic acids is 3. The number of amides is 3. The zero-order valence-electron chi connectivity index (χ0n) is 16.7. The molecule has 3 amide bonds. The summed E-state index contributed by atoms with van der Waals surface area (Å²) in [5.74, 6) is -0.591. The Morgan fingerprint density at radius 1 is 1.00 bits per heavy atom. The molecule has 0 unspecified atom stereocenters. The summed E-state index contributed by atoms with van der Waals surface area (Å²) in [6.07, 6.45) is 0.230. The van der Waals surface area contributed by atoms with Gasteiger partial charge in [0.05, 0.1) is 6.42 Å². The Kier molecular flexibility index (Phi) is 7.37. The Hall–Kier alpha value is -2.64. The molecule has 0 saturated carbocycles. The molecule has 1 heterocycles. The Labute approximate surface area is 164 Å². The summed E-state index contributed by atoms with van der Waals surface area (Å²) in [6.45, 7) is 7.03. The first-order valence-corrected chi connectivity index (χ1v) is 9.41. The lowest BCUT2D eigenvalue weighted by Crippen LogP contribution is -2.43. The minimum Gasteiger partial charge on any atom is -0.444 e. The highest BCUT2D eigenvalue weighted by atomic mass is 19.1. The van der Waals surface area contributed by atoms with Crippen LogP contribution in [-0.2, 0) is 20.7 Å². The minimum absolute atomic E-state index is 0.0483. The molecular formula is C20H28FN3O4. The number of hydrogen-bond acceptors (Lipinski definition) is 4. The van der Waals surface area contributed by atoms with E-state index in [-0.39, 0.29) is 30.6 Å². The molecule has 0 aliphatic carbocycles. The summed E-state index contributed by atoms with van der Waals surface area (Å²) < 4.78 is 18.1. The van der Waals surface area contributed by atoms with E-state index in [1.165, 1.54) is 12.1 Å². The van der Waals surface area contributed by atoms with Crippen LogP contribution in [0.2, 0.25) is 0 Å². The van der Waals surface area contributed by atoms with Gasteiger partial charge in [0.2, 0.25) is 11.8 Å². The number of halogens is 1. The number of nitrogens with one attached hydrogen (secondary N) is 1. The number of alkyl carbamates (subject to hydrolysis) is 1. The number of hydrogen-bond donors (Lipinski definition) is 1. The lowest BCUT2D eigenvalue weighted by atomic mass is 10.1. The van der Waals surface area contributed by atoms with E-state index in [0.29, 0.717) is 32.6 Å². The van der Waals surface area contributed by atoms with Crippen LogP contribution in [0.4, 0.5) is 9.18 Å². The van der Waals surface area contributed by atoms with Crippen molar-refractivity contribution in [1.82, 2.24) is 15.1 Å². The van der Waals surface area contributed by atoms with E-state index < -0.39 is 11.7 Å². The molecule has 28 heavy (non-hydrogen) atoms. The summed E-state index contributed by atoms with van der Waals surface area (Å²) in [4.78, 5) is 39.9. The van der Waals surface area contributed by atoms with Crippen molar-refractivity contribution in [3.8, 4) is 0 Å². The van der Waals surface area contributed by atoms with Crippen LogP contribution in [0, 0.1) is 5.82 Å². The van der Waals surface area contributed by atoms with Crippen LogP contribution in [-0.4, -0.2) is 66.0 Å². The van der Waals surface area contributed by atoms with E-state index in [2.05, 4.69) is 5.32 Å². The van der Waals surface area contributed by atoms with Crippen LogP contribution in [0.1, 0.15) is 32.8 Å². The van der Waals surface area contributed by atoms with Gasteiger partial charge in [0, 0.05) is 26.2 Å². The van der Waals surface area contributed by atoms with Crippen LogP contribution in [0.15, 0.2) is 24.3 Å². The Morgan fingerprint density at radius 3 is 2.14 bits per heavy atom. The summed E-state index contributed by atoms with van der Waals surface area (Å²) in [6, 6.07) is 5.87. The molecule has 0 spiro atoms. The van der Waals surface area contributed by atoms with Gasteiger partial charge >= 0.3 is 6.09 Å². The van der Waals surface area contributed by atoms with E-state index in [4.69, 9.17) is 4.74 Å². The van der Waals surface area contributed by atoms with Crippen molar-refractivity contribution in [2.75, 3.05) is 32.7 Å². The van der Waals surface area contributed by atoms with E-state index in [1.54, 1.807) is 42.7 Å². The zero-order valence-corrected chi connectivity index (χ0v) is 16.7. The fourth-order valence-corrected chi connectivity index (χ4v) is 2.88. The second kappa shape index (κ2) is 9.52. The van der Waals surface area contributed by atoms with E-state index in [0.717, 1.165) is 5.56 Å². The highest BCUT2D eigenvalue weighted by Crippen LogP contribution is 2.09. The second-order valence-corrected chi connectivity index (χ2v) is 7.77. The monoisotopic (exact) mass is 393 g/mol. The van der Waals surface area contributed by atoms with Crippen LogP contribution in [0.25, 0.3) is 0 Å². The summed E-state index contributed by atoms with van der Waals surface area (Å²) in [5, 5.41) is 2.46. The molecule has 1 aromatic rings. The molecular weight excluding hydrogens is 365 g/mol. The van der Waals surface area contributed by atoms with Gasteiger partial charge in [0.25, 0.3) is 0 Å². The molecule has 1 N–H and O–H groups in total. The van der Waals surface area contributed by atoms with Gasteiger partial charge in [-0.2, -0.15) is 0 Å². The van der Waals surface area contributed by atoms with Crippen LogP contribution < -0.4 is 5.32 Å². The Balaban J connectivity index is 1.80. The topological polar surface area (TPSA) is 79.0 Å². The molecule has 0 bridgehead atoms. The van der Waals surface area contributed by atoms with Crippen molar-refractivity contribution in [3.05, 3.63) is 35.6 Å². The zero-order chi connectivity index (χ0) is 20.7. The third-order valence-electron chi connectivity index (χ3n) is 4.25. The van der Waals surface area contributed by atoms with Gasteiger partial charge in [-0.25, -0.2) is 9.18 Å². The molecule has 1 fully saturated rings. The first-order valence-electron chi connectivity index (χ1n) is 9.41. The predicted molar refractivity (Wildman–Crippen MR) is 102 cm³/mol. The summed E-state index contributed by atoms with van der Waals surface area (Å²) >= 11 is 0. The molecule has 2 rings (SSSR count). The fraction of sp³-hybridized carbons (Fsp3) is 0.550. The van der Waals surface area contributed by atoms with Gasteiger partial charge in [-0.05, 0) is 44.9 Å². The van der Waals surface area contributed by atoms with Gasteiger partial charge in [0.1, 0.15) is 18.0 Å². The molecule has 8 heteroatoms. The molecule has 0 aromatic heterocycles. The summed E-state index contributed by atoms with van der Waals surface area (Å²) in [7, 11) is 0. The maximum atomic E-state index is 13.0. The minimum atomic E-state index is -0.633. The number of carbonyl (C=O) groups is 3. The molecule has 154 valence electrons. The van der Waals surface area contributed by atoms with E-state index in [9.17, 15) is 18.8 Å². The van der Waals surface area contributed by atoms with Crippen molar-refractivity contribution in [3.63, 3.8) is 0 Å². The second-order valence-electron chi connectivity index (χ2n) is 7.77. The Morgan fingerprint density at radius 2 is 1.57 bits per heavy atom. The highest BCUT2D eigenvalue weighted by Gasteiger charge is 2.23. The van der Waals surface area contributed by atoms with Crippen LogP contribution in [0.5, 0.6) is 0 Å². The maximum Gasteiger partial charge on any atom is 0.408 e. The number of ether oxygens (including phenoxy) is 1. The van der Waals surface area contributed by atoms with Gasteiger partial charge in [-0.15, -0.1) is 0 Å². The average Bonchev–Trinajstić information content (AvgIpc) is 2.86. The predicted octanol–water partition coefficient (Wildman–Crippen LogP) is 1.95. The van der Waals surface area contributed by atoms with Gasteiger partial charge in [-0.1, -0.05) is 12.1 Å². The highest BCUT2D eigenvalue weighted by molar-refractivity contribution is 5.82. The lowest BCUT2D eigenvalue weighted by Gasteiger charge is -2.23. The standard InChI is InChI=1S/C20H28FN3O4/c1-20(2,3)28-19(27)22-14-18(26)24-10-4-9-23(11-12-24)17(25)13-15-5-7-16(21)8-6-15/h5-8H,4,9-14H2,1-3H3,(H,22,27). The molecule has 1 aromatic carbocycles. The molecule has 1 saturated heterocycles. The number of benzene rings is 1. The normalized spacial score (nSPS) is 15.0. The van der Waals surface area contributed by atoms with Crippen molar-refractivity contribution in [1.29, 1.82) is 0 Å². The van der Waals surface area contributed by atoms with Crippen molar-refractivity contribution >= 4 is 17.9 Å². The fourth-order valence-electron chi connectivity index (χ4n) is 2.88. The van der Waals surface area contributed by atoms with Crippen LogP contribution in [0.3, 0.4) is 0 Å². The quantitative estimate of drug-likeness (QED) is 0.848. The van der Waals surface area contributed by atoms with Gasteiger partial charge in [-0.3, -0.25) is 9.59 Å². The molecule has 7 nitrogen and oxygen atoms in total. The first-order chi connectivity index (χ1) is 13.1. The van der Waals surface area contributed by atoms with Crippen LogP contribution >= 0.6 is 0 Å². The summed E-state index contributed by atoms with van der Waals surface area (Å²) in [5.41, 5.74) is 0.131. The van der Waals surface area contributed by atoms with Crippen molar-refractivity contribution in [2.45, 2.75) is 39.2 Å². The average molecular weight is 393 g/mol. The largest absolute Gasteiger partial charge is 0.444 e. The van der Waals surface area contributed by atoms with E-state index >= 15 is 0 Å². The number of nitrogens with zero attached hydrogens (tertiary/aromatic N) is 2. The SMILES string of the molecule is CC(C)(C)OC(=O)NCC(=O)N1CCCN(C(=O)Cc2ccc(F)cc2)CC1. The molecule has 0 radical (unpaired) electrons. The third kappa shape index (κ3) is 7.17. The first kappa shape index (κ1) is 21.7. The maximum absolute atomic E-state index is 13.0. The molecule has 1 aliphatic heterocycles.